The minimum Gasteiger partial charge on any atom is -0.466 e. The van der Waals surface area contributed by atoms with Gasteiger partial charge in [-0.05, 0) is 40.2 Å². The number of furan rings is 1. The first-order chi connectivity index (χ1) is 9.77. The summed E-state index contributed by atoms with van der Waals surface area (Å²) in [7, 11) is 0. The number of hydrogen-bond acceptors (Lipinski definition) is 4. The van der Waals surface area contributed by atoms with Crippen LogP contribution >= 0.6 is 0 Å². The second-order valence-corrected chi connectivity index (χ2v) is 5.41. The van der Waals surface area contributed by atoms with E-state index in [1.165, 1.54) is 0 Å². The maximum absolute atomic E-state index is 11.9. The Bertz CT molecular complexity index is 490. The summed E-state index contributed by atoms with van der Waals surface area (Å²) in [6.07, 6.45) is 1.87. The summed E-state index contributed by atoms with van der Waals surface area (Å²) < 4.78 is 10.8. The van der Waals surface area contributed by atoms with Gasteiger partial charge in [0.05, 0.1) is 13.2 Å². The second-order valence-electron chi connectivity index (χ2n) is 5.41. The molecule has 0 saturated carbocycles. The molecular weight excluding hydrogens is 270 g/mol. The molecule has 2 atom stereocenters. The van der Waals surface area contributed by atoms with Crippen molar-refractivity contribution in [3.05, 3.63) is 35.8 Å². The molecule has 5 nitrogen and oxygen atoms in total. The van der Waals surface area contributed by atoms with Crippen LogP contribution < -0.4 is 5.32 Å². The molecule has 0 aliphatic rings. The third-order valence-electron chi connectivity index (χ3n) is 3.29. The Morgan fingerprint density at radius 1 is 1.62 bits per heavy atom. The molecule has 0 aliphatic carbocycles. The first-order valence-electron chi connectivity index (χ1n) is 7.08. The van der Waals surface area contributed by atoms with E-state index < -0.39 is 11.7 Å². The largest absolute Gasteiger partial charge is 0.466 e. The fourth-order valence-electron chi connectivity index (χ4n) is 2.07. The van der Waals surface area contributed by atoms with E-state index in [1.54, 1.807) is 32.9 Å². The number of carbonyl (C=O) groups is 1. The van der Waals surface area contributed by atoms with Gasteiger partial charge in [-0.1, -0.05) is 6.08 Å². The normalized spacial score (nSPS) is 15.3. The van der Waals surface area contributed by atoms with E-state index in [1.807, 2.05) is 6.92 Å². The molecule has 118 valence electrons. The Morgan fingerprint density at radius 3 is 2.81 bits per heavy atom. The molecule has 1 aromatic rings. The van der Waals surface area contributed by atoms with Crippen LogP contribution in [-0.4, -0.2) is 30.3 Å². The lowest BCUT2D eigenvalue weighted by atomic mass is 9.96. The zero-order valence-corrected chi connectivity index (χ0v) is 13.2. The van der Waals surface area contributed by atoms with Gasteiger partial charge >= 0.3 is 0 Å². The van der Waals surface area contributed by atoms with Crippen LogP contribution in [0.25, 0.3) is 0 Å². The monoisotopic (exact) mass is 295 g/mol. The number of hydrogen-bond donors (Lipinski definition) is 2. The molecule has 2 unspecified atom stereocenters. The van der Waals surface area contributed by atoms with Gasteiger partial charge in [-0.25, -0.2) is 0 Å². The molecule has 5 heteroatoms. The van der Waals surface area contributed by atoms with Gasteiger partial charge in [-0.15, -0.1) is 6.58 Å². The predicted octanol–water partition coefficient (Wildman–Crippen LogP) is 2.20. The van der Waals surface area contributed by atoms with Crippen LogP contribution in [0.4, 0.5) is 0 Å². The van der Waals surface area contributed by atoms with E-state index in [-0.39, 0.29) is 12.5 Å². The maximum Gasteiger partial charge on any atom is 0.248 e. The Morgan fingerprint density at radius 2 is 2.29 bits per heavy atom. The summed E-state index contributed by atoms with van der Waals surface area (Å²) in [4.78, 5) is 11.9. The Hall–Kier alpha value is -1.59. The fraction of sp³-hybridized carbons (Fsp3) is 0.562. The second kappa shape index (κ2) is 7.43. The summed E-state index contributed by atoms with van der Waals surface area (Å²) in [5.74, 6) is 1.13. The molecule has 0 fully saturated rings. The molecule has 0 bridgehead atoms. The molecule has 0 radical (unpaired) electrons. The fourth-order valence-corrected chi connectivity index (χ4v) is 2.07. The summed E-state index contributed by atoms with van der Waals surface area (Å²) >= 11 is 0. The maximum atomic E-state index is 11.9. The first kappa shape index (κ1) is 17.5. The van der Waals surface area contributed by atoms with Crippen LogP contribution in [0.2, 0.25) is 0 Å². The van der Waals surface area contributed by atoms with Crippen LogP contribution in [0, 0.1) is 13.8 Å². The number of nitrogens with one attached hydrogen (secondary N) is 1. The van der Waals surface area contributed by atoms with Crippen molar-refractivity contribution < 1.29 is 19.1 Å². The van der Waals surface area contributed by atoms with Crippen molar-refractivity contribution in [3.63, 3.8) is 0 Å². The zero-order valence-electron chi connectivity index (χ0n) is 13.2. The quantitative estimate of drug-likeness (QED) is 0.570. The van der Waals surface area contributed by atoms with Gasteiger partial charge in [0.15, 0.2) is 0 Å². The molecule has 2 N–H and O–H groups in total. The van der Waals surface area contributed by atoms with E-state index in [0.29, 0.717) is 24.4 Å². The minimum absolute atomic E-state index is 0.0980. The highest BCUT2D eigenvalue weighted by Crippen LogP contribution is 2.26. The van der Waals surface area contributed by atoms with Crippen LogP contribution in [0.1, 0.15) is 37.4 Å². The van der Waals surface area contributed by atoms with Gasteiger partial charge < -0.3 is 19.6 Å². The lowest BCUT2D eigenvalue weighted by molar-refractivity contribution is -0.132. The van der Waals surface area contributed by atoms with E-state index in [0.717, 1.165) is 5.76 Å². The Labute approximate surface area is 126 Å². The molecule has 0 spiro atoms. The standard InChI is InChI=1S/C16H25NO4/c1-6-7-8-20-13(4)15(18)17-10-16(5,19)14-9-11(2)21-12(14)3/h6,9,13,19H,1,7-8,10H2,2-5H3,(H,17,18). The lowest BCUT2D eigenvalue weighted by Crippen LogP contribution is -2.43. The van der Waals surface area contributed by atoms with Gasteiger partial charge in [0.2, 0.25) is 5.91 Å². The van der Waals surface area contributed by atoms with Crippen molar-refractivity contribution in [2.75, 3.05) is 13.2 Å². The van der Waals surface area contributed by atoms with E-state index in [4.69, 9.17) is 9.15 Å². The highest BCUT2D eigenvalue weighted by atomic mass is 16.5. The van der Waals surface area contributed by atoms with Crippen molar-refractivity contribution in [1.29, 1.82) is 0 Å². The van der Waals surface area contributed by atoms with Gasteiger partial charge in [0.1, 0.15) is 23.2 Å². The van der Waals surface area contributed by atoms with Crippen LogP contribution in [0.5, 0.6) is 0 Å². The van der Waals surface area contributed by atoms with Crippen molar-refractivity contribution >= 4 is 5.91 Å². The number of carbonyl (C=O) groups excluding carboxylic acids is 1. The third kappa shape index (κ3) is 5.02. The van der Waals surface area contributed by atoms with E-state index >= 15 is 0 Å². The SMILES string of the molecule is C=CCCOC(C)C(=O)NCC(C)(O)c1cc(C)oc1C. The smallest absolute Gasteiger partial charge is 0.248 e. The summed E-state index contributed by atoms with van der Waals surface area (Å²) in [6.45, 7) is 11.1. The molecule has 0 saturated heterocycles. The summed E-state index contributed by atoms with van der Waals surface area (Å²) in [5.41, 5.74) is -0.501. The van der Waals surface area contributed by atoms with Gasteiger partial charge in [0.25, 0.3) is 0 Å². The van der Waals surface area contributed by atoms with Crippen LogP contribution in [-0.2, 0) is 15.1 Å². The van der Waals surface area contributed by atoms with Crippen LogP contribution in [0.3, 0.4) is 0 Å². The average molecular weight is 295 g/mol. The number of aliphatic hydroxyl groups is 1. The molecular formula is C16H25NO4. The van der Waals surface area contributed by atoms with Crippen LogP contribution in [0.15, 0.2) is 23.1 Å². The lowest BCUT2D eigenvalue weighted by Gasteiger charge is -2.24. The molecule has 21 heavy (non-hydrogen) atoms. The molecule has 1 aromatic heterocycles. The van der Waals surface area contributed by atoms with Gasteiger partial charge in [-0.3, -0.25) is 4.79 Å². The highest BCUT2D eigenvalue weighted by molar-refractivity contribution is 5.80. The van der Waals surface area contributed by atoms with Gasteiger partial charge in [0, 0.05) is 5.56 Å². The predicted molar refractivity (Wildman–Crippen MR) is 81.0 cm³/mol. The topological polar surface area (TPSA) is 71.7 Å². The van der Waals surface area contributed by atoms with Crippen molar-refractivity contribution in [1.82, 2.24) is 5.32 Å². The number of rotatable bonds is 8. The number of aryl methyl sites for hydroxylation is 2. The Balaban J connectivity index is 2.54. The molecule has 1 heterocycles. The summed E-state index contributed by atoms with van der Waals surface area (Å²) in [6, 6.07) is 1.78. The molecule has 0 aromatic carbocycles. The molecule has 1 amide bonds. The van der Waals surface area contributed by atoms with Gasteiger partial charge in [-0.2, -0.15) is 0 Å². The van der Waals surface area contributed by atoms with E-state index in [2.05, 4.69) is 11.9 Å². The van der Waals surface area contributed by atoms with Crippen molar-refractivity contribution in [2.45, 2.75) is 45.8 Å². The minimum atomic E-state index is -1.18. The number of ether oxygens (including phenoxy) is 1. The van der Waals surface area contributed by atoms with Crippen molar-refractivity contribution in [2.24, 2.45) is 0 Å². The molecule has 1 rings (SSSR count). The number of amides is 1. The zero-order chi connectivity index (χ0) is 16.0. The molecule has 0 aliphatic heterocycles. The highest BCUT2D eigenvalue weighted by Gasteiger charge is 2.28. The Kier molecular flexibility index (Phi) is 6.18. The first-order valence-corrected chi connectivity index (χ1v) is 7.08. The summed E-state index contributed by atoms with van der Waals surface area (Å²) in [5, 5.41) is 13.2. The van der Waals surface area contributed by atoms with Crippen molar-refractivity contribution in [3.8, 4) is 0 Å². The average Bonchev–Trinajstić information content (AvgIpc) is 2.76. The third-order valence-corrected chi connectivity index (χ3v) is 3.29. The van der Waals surface area contributed by atoms with E-state index in [9.17, 15) is 9.90 Å².